The predicted molar refractivity (Wildman–Crippen MR) is 85.4 cm³/mol. The van der Waals surface area contributed by atoms with Gasteiger partial charge in [-0.25, -0.2) is 0 Å². The molecule has 0 fully saturated rings. The van der Waals surface area contributed by atoms with Gasteiger partial charge in [-0.3, -0.25) is 0 Å². The molecule has 0 amide bonds. The van der Waals surface area contributed by atoms with Gasteiger partial charge in [0.15, 0.2) is 0 Å². The Morgan fingerprint density at radius 3 is 2.47 bits per heavy atom. The molecule has 0 bridgehead atoms. The summed E-state index contributed by atoms with van der Waals surface area (Å²) in [5.41, 5.74) is 4.29. The van der Waals surface area contributed by atoms with E-state index in [-0.39, 0.29) is 0 Å². The van der Waals surface area contributed by atoms with Crippen molar-refractivity contribution in [1.29, 1.82) is 0 Å². The van der Waals surface area contributed by atoms with Crippen molar-refractivity contribution in [2.24, 2.45) is 0 Å². The van der Waals surface area contributed by atoms with E-state index in [0.29, 0.717) is 0 Å². The standard InChI is InChI=1S/C18H27N/c1-16(2)8-7-9-17(3)12-14-19-15-13-18-10-5-4-6-11-18/h4-6,8,10-12,19H,7,9,13-15H2,1-3H3/b17-12+. The van der Waals surface area contributed by atoms with Crippen molar-refractivity contribution in [3.05, 3.63) is 59.2 Å². The van der Waals surface area contributed by atoms with Crippen LogP contribution in [0.2, 0.25) is 0 Å². The summed E-state index contributed by atoms with van der Waals surface area (Å²) in [4.78, 5) is 0. The first kappa shape index (κ1) is 15.7. The van der Waals surface area contributed by atoms with Crippen LogP contribution in [0.15, 0.2) is 53.6 Å². The molecule has 0 saturated heterocycles. The van der Waals surface area contributed by atoms with Crippen LogP contribution >= 0.6 is 0 Å². The zero-order valence-electron chi connectivity index (χ0n) is 12.6. The highest BCUT2D eigenvalue weighted by Gasteiger charge is 1.91. The molecule has 1 aromatic carbocycles. The average Bonchev–Trinajstić information content (AvgIpc) is 2.39. The SMILES string of the molecule is CC(C)=CCC/C(C)=C/CNCCc1ccccc1. The third-order valence-electron chi connectivity index (χ3n) is 3.12. The molecular weight excluding hydrogens is 230 g/mol. The molecule has 1 N–H and O–H groups in total. The molecule has 1 aromatic rings. The highest BCUT2D eigenvalue weighted by molar-refractivity contribution is 5.14. The molecule has 0 atom stereocenters. The van der Waals surface area contributed by atoms with E-state index in [4.69, 9.17) is 0 Å². The molecule has 1 rings (SSSR count). The fourth-order valence-corrected chi connectivity index (χ4v) is 1.92. The molecule has 0 aliphatic rings. The van der Waals surface area contributed by atoms with E-state index < -0.39 is 0 Å². The van der Waals surface area contributed by atoms with E-state index in [0.717, 1.165) is 25.9 Å². The van der Waals surface area contributed by atoms with Gasteiger partial charge >= 0.3 is 0 Å². The first-order valence-corrected chi connectivity index (χ1v) is 7.22. The zero-order chi connectivity index (χ0) is 13.9. The Hall–Kier alpha value is -1.34. The monoisotopic (exact) mass is 257 g/mol. The minimum atomic E-state index is 0.980. The summed E-state index contributed by atoms with van der Waals surface area (Å²) in [6.45, 7) is 8.56. The smallest absolute Gasteiger partial charge is 0.0137 e. The maximum atomic E-state index is 3.47. The minimum Gasteiger partial charge on any atom is -0.313 e. The molecule has 0 aliphatic heterocycles. The number of benzene rings is 1. The lowest BCUT2D eigenvalue weighted by Crippen LogP contribution is -2.17. The molecule has 0 heterocycles. The van der Waals surface area contributed by atoms with Crippen LogP contribution < -0.4 is 5.32 Å². The summed E-state index contributed by atoms with van der Waals surface area (Å²) >= 11 is 0. The largest absolute Gasteiger partial charge is 0.313 e. The first-order valence-electron chi connectivity index (χ1n) is 7.22. The average molecular weight is 257 g/mol. The molecule has 0 aromatic heterocycles. The highest BCUT2D eigenvalue weighted by Crippen LogP contribution is 2.05. The molecule has 0 radical (unpaired) electrons. The quantitative estimate of drug-likeness (QED) is 0.533. The Labute approximate surface area is 118 Å². The van der Waals surface area contributed by atoms with E-state index in [1.54, 1.807) is 0 Å². The molecule has 1 heteroatoms. The highest BCUT2D eigenvalue weighted by atomic mass is 14.8. The van der Waals surface area contributed by atoms with E-state index in [9.17, 15) is 0 Å². The fraction of sp³-hybridized carbons (Fsp3) is 0.444. The van der Waals surface area contributed by atoms with Gasteiger partial charge in [-0.15, -0.1) is 0 Å². The number of rotatable bonds is 8. The van der Waals surface area contributed by atoms with Crippen LogP contribution in [0.5, 0.6) is 0 Å². The van der Waals surface area contributed by atoms with Crippen LogP contribution in [-0.2, 0) is 6.42 Å². The molecule has 104 valence electrons. The van der Waals surface area contributed by atoms with Crippen LogP contribution in [0, 0.1) is 0 Å². The maximum Gasteiger partial charge on any atom is 0.0137 e. The summed E-state index contributed by atoms with van der Waals surface area (Å²) in [6.07, 6.45) is 8.05. The number of nitrogens with one attached hydrogen (secondary N) is 1. The maximum absolute atomic E-state index is 3.47. The van der Waals surface area contributed by atoms with Crippen LogP contribution in [0.4, 0.5) is 0 Å². The Balaban J connectivity index is 2.11. The van der Waals surface area contributed by atoms with Gasteiger partial charge in [0.2, 0.25) is 0 Å². The van der Waals surface area contributed by atoms with E-state index in [1.165, 1.54) is 23.1 Å². The van der Waals surface area contributed by atoms with Gasteiger partial charge < -0.3 is 5.32 Å². The van der Waals surface area contributed by atoms with Gasteiger partial charge in [0.25, 0.3) is 0 Å². The Morgan fingerprint density at radius 2 is 1.79 bits per heavy atom. The van der Waals surface area contributed by atoms with Gasteiger partial charge in [-0.2, -0.15) is 0 Å². The van der Waals surface area contributed by atoms with Crippen molar-refractivity contribution < 1.29 is 0 Å². The third-order valence-corrected chi connectivity index (χ3v) is 3.12. The lowest BCUT2D eigenvalue weighted by molar-refractivity contribution is 0.740. The molecule has 0 spiro atoms. The van der Waals surface area contributed by atoms with Crippen molar-refractivity contribution in [2.45, 2.75) is 40.0 Å². The van der Waals surface area contributed by atoms with E-state index in [2.05, 4.69) is 68.6 Å². The van der Waals surface area contributed by atoms with Crippen LogP contribution in [0.3, 0.4) is 0 Å². The second-order valence-corrected chi connectivity index (χ2v) is 5.31. The van der Waals surface area contributed by atoms with E-state index in [1.807, 2.05) is 0 Å². The van der Waals surface area contributed by atoms with Gasteiger partial charge in [-0.1, -0.05) is 53.6 Å². The van der Waals surface area contributed by atoms with Gasteiger partial charge in [0, 0.05) is 6.54 Å². The van der Waals surface area contributed by atoms with Crippen LogP contribution in [0.25, 0.3) is 0 Å². The summed E-state index contributed by atoms with van der Waals surface area (Å²) in [5, 5.41) is 3.47. The van der Waals surface area contributed by atoms with Crippen molar-refractivity contribution in [2.75, 3.05) is 13.1 Å². The summed E-state index contributed by atoms with van der Waals surface area (Å²) in [7, 11) is 0. The molecule has 1 nitrogen and oxygen atoms in total. The third kappa shape index (κ3) is 8.39. The van der Waals surface area contributed by atoms with Crippen LogP contribution in [0.1, 0.15) is 39.2 Å². The summed E-state index contributed by atoms with van der Waals surface area (Å²) < 4.78 is 0. The second kappa shape index (κ2) is 9.57. The minimum absolute atomic E-state index is 0.980. The van der Waals surface area contributed by atoms with Crippen molar-refractivity contribution in [3.8, 4) is 0 Å². The molecular formula is C18H27N. The van der Waals surface area contributed by atoms with Crippen molar-refractivity contribution in [3.63, 3.8) is 0 Å². The van der Waals surface area contributed by atoms with Crippen molar-refractivity contribution in [1.82, 2.24) is 5.32 Å². The lowest BCUT2D eigenvalue weighted by atomic mass is 10.1. The zero-order valence-corrected chi connectivity index (χ0v) is 12.6. The number of hydrogen-bond donors (Lipinski definition) is 1. The Morgan fingerprint density at radius 1 is 1.05 bits per heavy atom. The topological polar surface area (TPSA) is 12.0 Å². The normalized spacial score (nSPS) is 11.4. The fourth-order valence-electron chi connectivity index (χ4n) is 1.92. The molecule has 0 unspecified atom stereocenters. The predicted octanol–water partition coefficient (Wildman–Crippen LogP) is 4.51. The van der Waals surface area contributed by atoms with Gasteiger partial charge in [0.05, 0.1) is 0 Å². The lowest BCUT2D eigenvalue weighted by Gasteiger charge is -2.03. The molecule has 19 heavy (non-hydrogen) atoms. The molecule has 0 saturated carbocycles. The summed E-state index contributed by atoms with van der Waals surface area (Å²) in [5.74, 6) is 0. The van der Waals surface area contributed by atoms with Gasteiger partial charge in [-0.05, 0) is 52.1 Å². The van der Waals surface area contributed by atoms with Crippen LogP contribution in [-0.4, -0.2) is 13.1 Å². The first-order chi connectivity index (χ1) is 9.18. The second-order valence-electron chi connectivity index (χ2n) is 5.31. The number of hydrogen-bond acceptors (Lipinski definition) is 1. The number of allylic oxidation sites excluding steroid dienone is 3. The Kier molecular flexibility index (Phi) is 7.92. The Bertz CT molecular complexity index is 397. The molecule has 0 aliphatic carbocycles. The van der Waals surface area contributed by atoms with Gasteiger partial charge in [0.1, 0.15) is 0 Å². The summed E-state index contributed by atoms with van der Waals surface area (Å²) in [6, 6.07) is 10.6. The van der Waals surface area contributed by atoms with Crippen molar-refractivity contribution >= 4 is 0 Å². The van der Waals surface area contributed by atoms with E-state index >= 15 is 0 Å².